The lowest BCUT2D eigenvalue weighted by Crippen LogP contribution is -2.09. The van der Waals surface area contributed by atoms with E-state index >= 15 is 0 Å². The van der Waals surface area contributed by atoms with E-state index in [-0.39, 0.29) is 22.0 Å². The number of hydrogen-bond acceptors (Lipinski definition) is 5. The van der Waals surface area contributed by atoms with Gasteiger partial charge in [0, 0.05) is 17.7 Å². The lowest BCUT2D eigenvalue weighted by Gasteiger charge is -2.05. The maximum atomic E-state index is 10.4. The van der Waals surface area contributed by atoms with Crippen LogP contribution in [0.1, 0.15) is 0 Å². The average Bonchev–Trinajstić information content (AvgIpc) is 2.04. The minimum absolute atomic E-state index is 0.0944. The monoisotopic (exact) mass is 197 g/mol. The van der Waals surface area contributed by atoms with Crippen molar-refractivity contribution in [1.82, 2.24) is 0 Å². The van der Waals surface area contributed by atoms with Crippen molar-refractivity contribution in [3.8, 4) is 0 Å². The standard InChI is InChI=1S/C7H7N3O2S/c8-6-2-1-4(10(11)12)3-5(6)7(9)13/h1-3,8,13H,9H2/b7-5-,8-6?. The second-order valence-corrected chi connectivity index (χ2v) is 2.85. The minimum Gasteiger partial charge on any atom is -0.393 e. The van der Waals surface area contributed by atoms with Crippen molar-refractivity contribution in [1.29, 1.82) is 5.41 Å². The van der Waals surface area contributed by atoms with Gasteiger partial charge in [0.1, 0.15) is 0 Å². The van der Waals surface area contributed by atoms with E-state index in [4.69, 9.17) is 11.1 Å². The van der Waals surface area contributed by atoms with Crippen molar-refractivity contribution >= 4 is 18.3 Å². The lowest BCUT2D eigenvalue weighted by atomic mass is 10.1. The van der Waals surface area contributed by atoms with Crippen LogP contribution in [-0.4, -0.2) is 10.6 Å². The molecule has 0 amide bonds. The first kappa shape index (κ1) is 9.53. The van der Waals surface area contributed by atoms with E-state index in [0.29, 0.717) is 0 Å². The Kier molecular flexibility index (Phi) is 2.52. The first-order valence-corrected chi connectivity index (χ1v) is 3.79. The maximum absolute atomic E-state index is 10.4. The van der Waals surface area contributed by atoms with Crippen molar-refractivity contribution in [2.45, 2.75) is 0 Å². The van der Waals surface area contributed by atoms with E-state index < -0.39 is 4.92 Å². The molecule has 3 N–H and O–H groups in total. The van der Waals surface area contributed by atoms with Crippen molar-refractivity contribution < 1.29 is 4.92 Å². The third kappa shape index (κ3) is 1.97. The Morgan fingerprint density at radius 2 is 2.23 bits per heavy atom. The smallest absolute Gasteiger partial charge is 0.270 e. The summed E-state index contributed by atoms with van der Waals surface area (Å²) in [5.74, 6) is 0. The molecule has 0 aromatic rings. The van der Waals surface area contributed by atoms with Gasteiger partial charge < -0.3 is 11.1 Å². The topological polar surface area (TPSA) is 93.0 Å². The van der Waals surface area contributed by atoms with Crippen LogP contribution in [0.4, 0.5) is 0 Å². The van der Waals surface area contributed by atoms with E-state index in [9.17, 15) is 10.1 Å². The Balaban J connectivity index is 3.16. The zero-order valence-electron chi connectivity index (χ0n) is 6.52. The molecule has 0 fully saturated rings. The molecule has 5 nitrogen and oxygen atoms in total. The molecule has 0 atom stereocenters. The predicted molar refractivity (Wildman–Crippen MR) is 52.1 cm³/mol. The zero-order valence-corrected chi connectivity index (χ0v) is 7.41. The number of nitrogens with two attached hydrogens (primary N) is 1. The number of rotatable bonds is 1. The fourth-order valence-electron chi connectivity index (χ4n) is 0.858. The van der Waals surface area contributed by atoms with Crippen LogP contribution >= 0.6 is 12.6 Å². The number of nitro groups is 1. The zero-order chi connectivity index (χ0) is 10.0. The van der Waals surface area contributed by atoms with Gasteiger partial charge in [-0.3, -0.25) is 10.1 Å². The summed E-state index contributed by atoms with van der Waals surface area (Å²) in [6.07, 6.45) is 3.80. The second kappa shape index (κ2) is 3.44. The van der Waals surface area contributed by atoms with Gasteiger partial charge in [0.2, 0.25) is 0 Å². The molecule has 0 radical (unpaired) electrons. The van der Waals surface area contributed by atoms with Crippen molar-refractivity contribution in [2.75, 3.05) is 0 Å². The molecule has 0 spiro atoms. The van der Waals surface area contributed by atoms with Gasteiger partial charge in [-0.25, -0.2) is 0 Å². The highest BCUT2D eigenvalue weighted by Crippen LogP contribution is 2.16. The van der Waals surface area contributed by atoms with Crippen LogP contribution in [0.15, 0.2) is 34.5 Å². The van der Waals surface area contributed by atoms with Crippen molar-refractivity contribution in [3.63, 3.8) is 0 Å². The van der Waals surface area contributed by atoms with Gasteiger partial charge in [-0.05, 0) is 6.08 Å². The third-order valence-electron chi connectivity index (χ3n) is 1.49. The van der Waals surface area contributed by atoms with Crippen LogP contribution < -0.4 is 5.73 Å². The second-order valence-electron chi connectivity index (χ2n) is 2.37. The van der Waals surface area contributed by atoms with Crippen LogP contribution in [0.5, 0.6) is 0 Å². The SMILES string of the molecule is N=C1C=CC([N+](=O)[O-])=C/C1=C(\N)S. The Bertz CT molecular complexity index is 364. The summed E-state index contributed by atoms with van der Waals surface area (Å²) in [7, 11) is 0. The Hall–Kier alpha value is -1.56. The maximum Gasteiger partial charge on any atom is 0.270 e. The van der Waals surface area contributed by atoms with Crippen LogP contribution in [0.25, 0.3) is 0 Å². The van der Waals surface area contributed by atoms with E-state index in [1.807, 2.05) is 0 Å². The van der Waals surface area contributed by atoms with Gasteiger partial charge in [-0.15, -0.1) is 12.6 Å². The number of allylic oxidation sites excluding steroid dienone is 4. The average molecular weight is 197 g/mol. The molecule has 0 unspecified atom stereocenters. The van der Waals surface area contributed by atoms with Crippen molar-refractivity contribution in [3.05, 3.63) is 44.6 Å². The van der Waals surface area contributed by atoms with Crippen LogP contribution in [0.3, 0.4) is 0 Å². The molecule has 68 valence electrons. The van der Waals surface area contributed by atoms with E-state index in [0.717, 1.165) is 0 Å². The summed E-state index contributed by atoms with van der Waals surface area (Å²) in [6.45, 7) is 0. The highest BCUT2D eigenvalue weighted by Gasteiger charge is 2.16. The number of thiol groups is 1. The van der Waals surface area contributed by atoms with Gasteiger partial charge in [0.05, 0.1) is 15.7 Å². The number of hydrogen-bond donors (Lipinski definition) is 3. The summed E-state index contributed by atoms with van der Waals surface area (Å²) in [4.78, 5) is 9.81. The molecule has 0 saturated heterocycles. The molecular weight excluding hydrogens is 190 g/mol. The van der Waals surface area contributed by atoms with Gasteiger partial charge in [0.15, 0.2) is 0 Å². The van der Waals surface area contributed by atoms with Gasteiger partial charge in [0.25, 0.3) is 5.70 Å². The molecule has 0 heterocycles. The lowest BCUT2D eigenvalue weighted by molar-refractivity contribution is -0.419. The summed E-state index contributed by atoms with van der Waals surface area (Å²) in [5.41, 5.74) is 5.63. The summed E-state index contributed by atoms with van der Waals surface area (Å²) >= 11 is 3.82. The number of nitrogens with one attached hydrogen (secondary N) is 1. The highest BCUT2D eigenvalue weighted by molar-refractivity contribution is 7.84. The molecule has 1 rings (SSSR count). The molecule has 13 heavy (non-hydrogen) atoms. The van der Waals surface area contributed by atoms with Gasteiger partial charge in [-0.1, -0.05) is 0 Å². The minimum atomic E-state index is -0.542. The first-order valence-electron chi connectivity index (χ1n) is 3.34. The highest BCUT2D eigenvalue weighted by atomic mass is 32.1. The fourth-order valence-corrected chi connectivity index (χ4v) is 1.04. The predicted octanol–water partition coefficient (Wildman–Crippen LogP) is 0.837. The summed E-state index contributed by atoms with van der Waals surface area (Å²) in [6, 6.07) is 0. The summed E-state index contributed by atoms with van der Waals surface area (Å²) in [5, 5.41) is 17.8. The fraction of sp³-hybridized carbons (Fsp3) is 0. The molecule has 0 aromatic carbocycles. The molecular formula is C7H7N3O2S. The molecule has 0 aromatic heterocycles. The largest absolute Gasteiger partial charge is 0.393 e. The molecule has 6 heteroatoms. The number of nitrogens with zero attached hydrogens (tertiary/aromatic N) is 1. The van der Waals surface area contributed by atoms with Gasteiger partial charge in [-0.2, -0.15) is 0 Å². The van der Waals surface area contributed by atoms with Crippen LogP contribution in [0.2, 0.25) is 0 Å². The summed E-state index contributed by atoms with van der Waals surface area (Å²) < 4.78 is 0. The normalized spacial score (nSPS) is 19.8. The Morgan fingerprint density at radius 1 is 1.62 bits per heavy atom. The van der Waals surface area contributed by atoms with Crippen molar-refractivity contribution in [2.24, 2.45) is 5.73 Å². The first-order chi connectivity index (χ1) is 6.02. The van der Waals surface area contributed by atoms with E-state index in [2.05, 4.69) is 12.6 Å². The Labute approximate surface area is 79.7 Å². The van der Waals surface area contributed by atoms with E-state index in [1.54, 1.807) is 0 Å². The van der Waals surface area contributed by atoms with E-state index in [1.165, 1.54) is 18.2 Å². The van der Waals surface area contributed by atoms with Gasteiger partial charge >= 0.3 is 0 Å². The quantitative estimate of drug-likeness (QED) is 0.330. The molecule has 0 saturated carbocycles. The van der Waals surface area contributed by atoms with Crippen LogP contribution in [-0.2, 0) is 0 Å². The molecule has 0 bridgehead atoms. The molecule has 1 aliphatic carbocycles. The molecule has 0 aliphatic heterocycles. The third-order valence-corrected chi connectivity index (χ3v) is 1.73. The Morgan fingerprint density at radius 3 is 2.69 bits per heavy atom. The molecule has 1 aliphatic rings. The van der Waals surface area contributed by atoms with Crippen LogP contribution in [0, 0.1) is 15.5 Å².